The summed E-state index contributed by atoms with van der Waals surface area (Å²) in [6.07, 6.45) is 0. The van der Waals surface area contributed by atoms with Gasteiger partial charge in [0.25, 0.3) is 0 Å². The van der Waals surface area contributed by atoms with E-state index in [1.165, 1.54) is 29.9 Å². The molecule has 0 amide bonds. The quantitative estimate of drug-likeness (QED) is 0.441. The van der Waals surface area contributed by atoms with Crippen LogP contribution in [0.5, 0.6) is 0 Å². The minimum Gasteiger partial charge on any atom is -0.0616 e. The van der Waals surface area contributed by atoms with E-state index in [1.807, 2.05) is 0 Å². The predicted molar refractivity (Wildman–Crippen MR) is 89.8 cm³/mol. The van der Waals surface area contributed by atoms with Gasteiger partial charge in [-0.3, -0.25) is 0 Å². The van der Waals surface area contributed by atoms with E-state index < -0.39 is 0 Å². The first-order chi connectivity index (χ1) is 8.77. The fraction of sp³-hybridized carbons (Fsp3) is 0. The molecule has 0 N–H and O–H groups in total. The van der Waals surface area contributed by atoms with Crippen LogP contribution >= 0.6 is 38.5 Å². The summed E-state index contributed by atoms with van der Waals surface area (Å²) < 4.78 is 2.44. The number of hydrogen-bond acceptors (Lipinski definition) is 0. The van der Waals surface area contributed by atoms with Gasteiger partial charge < -0.3 is 0 Å². The van der Waals surface area contributed by atoms with Crippen molar-refractivity contribution in [2.75, 3.05) is 0 Å². The maximum absolute atomic E-state index is 3.75. The topological polar surface area (TPSA) is 0 Å². The van der Waals surface area contributed by atoms with Crippen LogP contribution in [-0.4, -0.2) is 0 Å². The Bertz CT molecular complexity index is 719. The third kappa shape index (κ3) is 2.08. The molecule has 0 fully saturated rings. The van der Waals surface area contributed by atoms with Crippen molar-refractivity contribution in [2.45, 2.75) is 0 Å². The lowest BCUT2D eigenvalue weighted by atomic mass is 10.0. The fourth-order valence-corrected chi connectivity index (χ4v) is 3.51. The highest BCUT2D eigenvalue weighted by Gasteiger charge is 2.08. The third-order valence-corrected chi connectivity index (χ3v) is 4.82. The van der Waals surface area contributed by atoms with Gasteiger partial charge in [0.2, 0.25) is 0 Å². The van der Waals surface area contributed by atoms with Crippen molar-refractivity contribution in [3.05, 3.63) is 68.7 Å². The Morgan fingerprint density at radius 3 is 2.28 bits per heavy atom. The normalized spacial score (nSPS) is 10.8. The zero-order valence-electron chi connectivity index (χ0n) is 9.53. The van der Waals surface area contributed by atoms with Crippen LogP contribution in [0.1, 0.15) is 0 Å². The molecule has 2 heteroatoms. The van der Waals surface area contributed by atoms with Crippen molar-refractivity contribution in [1.82, 2.24) is 0 Å². The second-order valence-electron chi connectivity index (χ2n) is 4.13. The Kier molecular flexibility index (Phi) is 3.39. The molecule has 0 heterocycles. The van der Waals surface area contributed by atoms with Crippen molar-refractivity contribution in [3.8, 4) is 11.1 Å². The van der Waals surface area contributed by atoms with E-state index in [4.69, 9.17) is 0 Å². The van der Waals surface area contributed by atoms with Gasteiger partial charge in [-0.2, -0.15) is 0 Å². The standard InChI is InChI=1S/C16H10BrI/c17-16-12-6-2-1-5-11(12)9-10-14(16)13-7-3-4-8-15(13)18/h1-10H. The smallest absolute Gasteiger partial charge is 0.0332 e. The lowest BCUT2D eigenvalue weighted by Gasteiger charge is -2.10. The largest absolute Gasteiger partial charge is 0.0616 e. The summed E-state index contributed by atoms with van der Waals surface area (Å²) in [6.45, 7) is 0. The second-order valence-corrected chi connectivity index (χ2v) is 6.08. The van der Waals surface area contributed by atoms with Gasteiger partial charge in [0, 0.05) is 8.04 Å². The van der Waals surface area contributed by atoms with Gasteiger partial charge in [-0.1, -0.05) is 54.6 Å². The van der Waals surface area contributed by atoms with Gasteiger partial charge in [0.1, 0.15) is 0 Å². The van der Waals surface area contributed by atoms with Crippen LogP contribution in [0.4, 0.5) is 0 Å². The average Bonchev–Trinajstić information content (AvgIpc) is 2.41. The average molecular weight is 409 g/mol. The van der Waals surface area contributed by atoms with Crippen LogP contribution in [0, 0.1) is 3.57 Å². The number of hydrogen-bond donors (Lipinski definition) is 0. The molecule has 0 nitrogen and oxygen atoms in total. The van der Waals surface area contributed by atoms with E-state index in [2.05, 4.69) is 99.2 Å². The maximum Gasteiger partial charge on any atom is 0.0332 e. The molecule has 0 aliphatic heterocycles. The SMILES string of the molecule is Brc1c(-c2ccccc2I)ccc2ccccc12. The molecule has 0 aliphatic carbocycles. The highest BCUT2D eigenvalue weighted by Crippen LogP contribution is 2.36. The van der Waals surface area contributed by atoms with Crippen LogP contribution in [0.25, 0.3) is 21.9 Å². The van der Waals surface area contributed by atoms with E-state index in [0.717, 1.165) is 0 Å². The van der Waals surface area contributed by atoms with Gasteiger partial charge in [0.15, 0.2) is 0 Å². The molecule has 0 aromatic heterocycles. The van der Waals surface area contributed by atoms with Crippen molar-refractivity contribution in [1.29, 1.82) is 0 Å². The Hall–Kier alpha value is -0.870. The third-order valence-electron chi connectivity index (χ3n) is 3.03. The summed E-state index contributed by atoms with van der Waals surface area (Å²) >= 11 is 6.13. The molecule has 18 heavy (non-hydrogen) atoms. The summed E-state index contributed by atoms with van der Waals surface area (Å²) in [6, 6.07) is 21.3. The Morgan fingerprint density at radius 2 is 1.44 bits per heavy atom. The molecular formula is C16H10BrI. The molecule has 0 bridgehead atoms. The molecule has 3 aromatic rings. The van der Waals surface area contributed by atoms with E-state index in [0.29, 0.717) is 0 Å². The molecule has 0 radical (unpaired) electrons. The summed E-state index contributed by atoms with van der Waals surface area (Å²) in [5, 5.41) is 2.52. The van der Waals surface area contributed by atoms with Crippen molar-refractivity contribution >= 4 is 49.3 Å². The molecule has 3 aromatic carbocycles. The summed E-state index contributed by atoms with van der Waals surface area (Å²) in [7, 11) is 0. The Labute approximate surface area is 128 Å². The molecule has 88 valence electrons. The minimum atomic E-state index is 1.17. The number of fused-ring (bicyclic) bond motifs is 1. The van der Waals surface area contributed by atoms with Gasteiger partial charge in [-0.05, 0) is 66.5 Å². The maximum atomic E-state index is 3.75. The summed E-state index contributed by atoms with van der Waals surface area (Å²) in [4.78, 5) is 0. The van der Waals surface area contributed by atoms with Crippen LogP contribution in [0.3, 0.4) is 0 Å². The number of benzene rings is 3. The second kappa shape index (κ2) is 5.02. The van der Waals surface area contributed by atoms with E-state index >= 15 is 0 Å². The highest BCUT2D eigenvalue weighted by atomic mass is 127. The number of halogens is 2. The first-order valence-electron chi connectivity index (χ1n) is 5.69. The lowest BCUT2D eigenvalue weighted by Crippen LogP contribution is -1.85. The van der Waals surface area contributed by atoms with Crippen LogP contribution in [0.2, 0.25) is 0 Å². The van der Waals surface area contributed by atoms with Crippen LogP contribution < -0.4 is 0 Å². The Morgan fingerprint density at radius 1 is 0.722 bits per heavy atom. The van der Waals surface area contributed by atoms with Crippen LogP contribution in [-0.2, 0) is 0 Å². The number of rotatable bonds is 1. The minimum absolute atomic E-state index is 1.17. The van der Waals surface area contributed by atoms with Crippen molar-refractivity contribution in [3.63, 3.8) is 0 Å². The van der Waals surface area contributed by atoms with E-state index in [-0.39, 0.29) is 0 Å². The van der Waals surface area contributed by atoms with Gasteiger partial charge in [0.05, 0.1) is 0 Å². The Balaban J connectivity index is 2.31. The fourth-order valence-electron chi connectivity index (χ4n) is 2.12. The van der Waals surface area contributed by atoms with E-state index in [1.54, 1.807) is 0 Å². The van der Waals surface area contributed by atoms with Crippen molar-refractivity contribution < 1.29 is 0 Å². The van der Waals surface area contributed by atoms with Gasteiger partial charge in [-0.25, -0.2) is 0 Å². The van der Waals surface area contributed by atoms with Gasteiger partial charge >= 0.3 is 0 Å². The monoisotopic (exact) mass is 408 g/mol. The van der Waals surface area contributed by atoms with Crippen molar-refractivity contribution in [2.24, 2.45) is 0 Å². The predicted octanol–water partition coefficient (Wildman–Crippen LogP) is 5.87. The lowest BCUT2D eigenvalue weighted by molar-refractivity contribution is 1.58. The van der Waals surface area contributed by atoms with Crippen LogP contribution in [0.15, 0.2) is 65.1 Å². The molecule has 3 rings (SSSR count). The molecule has 0 aliphatic rings. The molecular weight excluding hydrogens is 399 g/mol. The molecule has 0 unspecified atom stereocenters. The van der Waals surface area contributed by atoms with Gasteiger partial charge in [-0.15, -0.1) is 0 Å². The first-order valence-corrected chi connectivity index (χ1v) is 7.57. The highest BCUT2D eigenvalue weighted by molar-refractivity contribution is 14.1. The van der Waals surface area contributed by atoms with E-state index in [9.17, 15) is 0 Å². The molecule has 0 saturated carbocycles. The molecule has 0 spiro atoms. The molecule has 0 saturated heterocycles. The summed E-state index contributed by atoms with van der Waals surface area (Å²) in [5.41, 5.74) is 2.52. The molecule has 0 atom stereocenters. The zero-order chi connectivity index (χ0) is 12.5. The zero-order valence-corrected chi connectivity index (χ0v) is 13.3. The summed E-state index contributed by atoms with van der Waals surface area (Å²) in [5.74, 6) is 0. The first kappa shape index (κ1) is 12.2.